The van der Waals surface area contributed by atoms with Crippen molar-refractivity contribution >= 4 is 43.1 Å². The van der Waals surface area contributed by atoms with Gasteiger partial charge in [-0.2, -0.15) is 0 Å². The van der Waals surface area contributed by atoms with E-state index in [-0.39, 0.29) is 32.3 Å². The number of carbonyl (C=O) groups excluding carboxylic acids is 2. The standard InChI is InChI=1S/C20H12BrNO4S/c21-13-4-3-5-14(11-13)22-20(24)12-8-9-16-18(10-12)27(25,26)17-7-2-1-6-15(17)19(16)23/h1-11H,(H,22,24). The molecule has 1 aliphatic rings. The van der Waals surface area contributed by atoms with Crippen LogP contribution in [0.5, 0.6) is 0 Å². The van der Waals surface area contributed by atoms with Crippen molar-refractivity contribution in [1.82, 2.24) is 0 Å². The lowest BCUT2D eigenvalue weighted by molar-refractivity contribution is 0.101. The van der Waals surface area contributed by atoms with Gasteiger partial charge in [0.1, 0.15) is 0 Å². The van der Waals surface area contributed by atoms with Crippen LogP contribution in [0.15, 0.2) is 81.0 Å². The highest BCUT2D eigenvalue weighted by Gasteiger charge is 2.34. The Kier molecular flexibility index (Phi) is 4.20. The zero-order valence-corrected chi connectivity index (χ0v) is 16.2. The Morgan fingerprint density at radius 2 is 1.59 bits per heavy atom. The minimum atomic E-state index is -3.88. The first kappa shape index (κ1) is 17.6. The summed E-state index contributed by atoms with van der Waals surface area (Å²) >= 11 is 3.33. The van der Waals surface area contributed by atoms with Gasteiger partial charge in [-0.3, -0.25) is 9.59 Å². The van der Waals surface area contributed by atoms with Gasteiger partial charge in [0.05, 0.1) is 9.79 Å². The molecule has 0 aromatic heterocycles. The van der Waals surface area contributed by atoms with Crippen molar-refractivity contribution in [2.45, 2.75) is 9.79 Å². The van der Waals surface area contributed by atoms with Crippen molar-refractivity contribution in [1.29, 1.82) is 0 Å². The quantitative estimate of drug-likeness (QED) is 0.508. The van der Waals surface area contributed by atoms with Crippen LogP contribution in [0.3, 0.4) is 0 Å². The average Bonchev–Trinajstić information content (AvgIpc) is 2.66. The number of halogens is 1. The molecule has 0 fully saturated rings. The van der Waals surface area contributed by atoms with Crippen molar-refractivity contribution in [3.8, 4) is 0 Å². The first-order valence-electron chi connectivity index (χ1n) is 7.98. The van der Waals surface area contributed by atoms with Crippen molar-refractivity contribution in [3.63, 3.8) is 0 Å². The first-order chi connectivity index (χ1) is 12.9. The van der Waals surface area contributed by atoms with Crippen molar-refractivity contribution in [2.24, 2.45) is 0 Å². The van der Waals surface area contributed by atoms with Gasteiger partial charge in [-0.05, 0) is 48.5 Å². The van der Waals surface area contributed by atoms with E-state index in [4.69, 9.17) is 0 Å². The molecule has 134 valence electrons. The molecule has 0 saturated carbocycles. The average molecular weight is 442 g/mol. The van der Waals surface area contributed by atoms with Gasteiger partial charge in [-0.1, -0.05) is 34.1 Å². The summed E-state index contributed by atoms with van der Waals surface area (Å²) in [6.45, 7) is 0. The smallest absolute Gasteiger partial charge is 0.255 e. The van der Waals surface area contributed by atoms with Gasteiger partial charge in [0, 0.05) is 26.9 Å². The SMILES string of the molecule is O=C(Nc1cccc(Br)c1)c1ccc2c(c1)S(=O)(=O)c1ccccc1C2=O. The van der Waals surface area contributed by atoms with Crippen LogP contribution in [0.2, 0.25) is 0 Å². The van der Waals surface area contributed by atoms with E-state index >= 15 is 0 Å². The number of fused-ring (bicyclic) bond motifs is 2. The van der Waals surface area contributed by atoms with Crippen LogP contribution in [0.4, 0.5) is 5.69 Å². The molecule has 0 atom stereocenters. The molecule has 3 aromatic rings. The predicted molar refractivity (Wildman–Crippen MR) is 104 cm³/mol. The van der Waals surface area contributed by atoms with E-state index in [1.165, 1.54) is 30.3 Å². The fourth-order valence-corrected chi connectivity index (χ4v) is 5.07. The molecule has 0 saturated heterocycles. The highest BCUT2D eigenvalue weighted by molar-refractivity contribution is 9.10. The van der Waals surface area contributed by atoms with Crippen molar-refractivity contribution < 1.29 is 18.0 Å². The van der Waals surface area contributed by atoms with Gasteiger partial charge >= 0.3 is 0 Å². The largest absolute Gasteiger partial charge is 0.322 e. The molecule has 1 heterocycles. The topological polar surface area (TPSA) is 80.3 Å². The third-order valence-electron chi connectivity index (χ3n) is 4.28. The number of anilines is 1. The summed E-state index contributed by atoms with van der Waals surface area (Å²) < 4.78 is 26.7. The van der Waals surface area contributed by atoms with Crippen LogP contribution in [-0.2, 0) is 9.84 Å². The highest BCUT2D eigenvalue weighted by Crippen LogP contribution is 2.34. The molecule has 7 heteroatoms. The predicted octanol–water partition coefficient (Wildman–Crippen LogP) is 4.08. The number of rotatable bonds is 2. The number of sulfone groups is 1. The normalized spacial score (nSPS) is 14.2. The Morgan fingerprint density at radius 3 is 2.37 bits per heavy atom. The van der Waals surface area contributed by atoms with Crippen LogP contribution in [0, 0.1) is 0 Å². The zero-order valence-electron chi connectivity index (χ0n) is 13.8. The third-order valence-corrected chi connectivity index (χ3v) is 6.63. The molecule has 5 nitrogen and oxygen atoms in total. The van der Waals surface area contributed by atoms with E-state index in [0.29, 0.717) is 5.69 Å². The summed E-state index contributed by atoms with van der Waals surface area (Å²) in [5.41, 5.74) is 0.949. The fraction of sp³-hybridized carbons (Fsp3) is 0. The Hall–Kier alpha value is -2.77. The van der Waals surface area contributed by atoms with Crippen LogP contribution >= 0.6 is 15.9 Å². The van der Waals surface area contributed by atoms with Crippen LogP contribution < -0.4 is 5.32 Å². The molecule has 1 amide bonds. The maximum Gasteiger partial charge on any atom is 0.255 e. The number of nitrogens with one attached hydrogen (secondary N) is 1. The third kappa shape index (κ3) is 2.98. The van der Waals surface area contributed by atoms with E-state index in [0.717, 1.165) is 4.47 Å². The van der Waals surface area contributed by atoms with Crippen molar-refractivity contribution in [2.75, 3.05) is 5.32 Å². The molecule has 4 rings (SSSR count). The second-order valence-corrected chi connectivity index (χ2v) is 8.81. The number of ketones is 1. The molecular weight excluding hydrogens is 430 g/mol. The summed E-state index contributed by atoms with van der Waals surface area (Å²) in [6.07, 6.45) is 0. The molecule has 27 heavy (non-hydrogen) atoms. The molecular formula is C20H12BrNO4S. The molecule has 0 bridgehead atoms. The lowest BCUT2D eigenvalue weighted by Gasteiger charge is -2.19. The summed E-state index contributed by atoms with van der Waals surface area (Å²) in [6, 6.07) is 17.2. The summed E-state index contributed by atoms with van der Waals surface area (Å²) in [5.74, 6) is -0.827. The summed E-state index contributed by atoms with van der Waals surface area (Å²) in [7, 11) is -3.88. The van der Waals surface area contributed by atoms with Gasteiger partial charge in [0.2, 0.25) is 9.84 Å². The number of hydrogen-bond donors (Lipinski definition) is 1. The second-order valence-electron chi connectivity index (χ2n) is 6.00. The molecule has 0 radical (unpaired) electrons. The summed E-state index contributed by atoms with van der Waals surface area (Å²) in [4.78, 5) is 25.0. The van der Waals surface area contributed by atoms with Gasteiger partial charge in [-0.15, -0.1) is 0 Å². The fourth-order valence-electron chi connectivity index (χ4n) is 3.00. The number of hydrogen-bond acceptors (Lipinski definition) is 4. The van der Waals surface area contributed by atoms with E-state index in [2.05, 4.69) is 21.2 Å². The molecule has 0 aliphatic carbocycles. The first-order valence-corrected chi connectivity index (χ1v) is 10.3. The van der Waals surface area contributed by atoms with E-state index in [1.807, 2.05) is 6.07 Å². The van der Waals surface area contributed by atoms with Gasteiger partial charge in [-0.25, -0.2) is 8.42 Å². The maximum atomic E-state index is 12.9. The molecule has 1 N–H and O–H groups in total. The van der Waals surface area contributed by atoms with E-state index in [9.17, 15) is 18.0 Å². The van der Waals surface area contributed by atoms with Gasteiger partial charge in [0.15, 0.2) is 5.78 Å². The lowest BCUT2D eigenvalue weighted by atomic mass is 10.0. The zero-order chi connectivity index (χ0) is 19.2. The number of amides is 1. The minimum Gasteiger partial charge on any atom is -0.322 e. The minimum absolute atomic E-state index is 0.0351. The Morgan fingerprint density at radius 1 is 0.852 bits per heavy atom. The van der Waals surface area contributed by atoms with Crippen LogP contribution in [0.1, 0.15) is 26.3 Å². The van der Waals surface area contributed by atoms with Crippen LogP contribution in [0.25, 0.3) is 0 Å². The molecule has 3 aromatic carbocycles. The summed E-state index contributed by atoms with van der Waals surface area (Å²) in [5, 5.41) is 2.71. The maximum absolute atomic E-state index is 12.9. The monoisotopic (exact) mass is 441 g/mol. The van der Waals surface area contributed by atoms with Crippen molar-refractivity contribution in [3.05, 3.63) is 87.9 Å². The van der Waals surface area contributed by atoms with Gasteiger partial charge in [0.25, 0.3) is 5.91 Å². The van der Waals surface area contributed by atoms with Gasteiger partial charge < -0.3 is 5.32 Å². The van der Waals surface area contributed by atoms with Crippen LogP contribution in [-0.4, -0.2) is 20.1 Å². The Balaban J connectivity index is 1.77. The number of carbonyl (C=O) groups is 2. The molecule has 1 aliphatic heterocycles. The van der Waals surface area contributed by atoms with E-state index < -0.39 is 15.7 Å². The number of benzene rings is 3. The molecule has 0 spiro atoms. The Labute approximate surface area is 164 Å². The van der Waals surface area contributed by atoms with E-state index in [1.54, 1.807) is 30.3 Å². The Bertz CT molecular complexity index is 1220. The highest BCUT2D eigenvalue weighted by atomic mass is 79.9. The molecule has 0 unspecified atom stereocenters. The second kappa shape index (κ2) is 6.44. The lowest BCUT2D eigenvalue weighted by Crippen LogP contribution is -2.21.